The van der Waals surface area contributed by atoms with Crippen molar-refractivity contribution in [3.63, 3.8) is 0 Å². The smallest absolute Gasteiger partial charge is 0.0649 e. The van der Waals surface area contributed by atoms with Crippen LogP contribution in [0.4, 0.5) is 0 Å². The van der Waals surface area contributed by atoms with E-state index in [1.54, 1.807) is 0 Å². The normalized spacial score (nSPS) is 28.3. The van der Waals surface area contributed by atoms with Gasteiger partial charge in [0.1, 0.15) is 0 Å². The van der Waals surface area contributed by atoms with Crippen LogP contribution in [0.3, 0.4) is 0 Å². The van der Waals surface area contributed by atoms with Crippen LogP contribution in [0.5, 0.6) is 0 Å². The van der Waals surface area contributed by atoms with Crippen LogP contribution >= 0.6 is 23.2 Å². The largest absolute Gasteiger partial charge is 0.392 e. The number of rotatable bonds is 3. The molecule has 2 nitrogen and oxygen atoms in total. The standard InChI is InChI=1S/C14H19Cl2NO/c1-17-9-14(7-3-2-4-13(14)18)10-5-6-11(15)12(16)8-10/h5-6,8,13,17-18H,2-4,7,9H2,1H3/t13?,14-/m0/s1. The minimum atomic E-state index is -0.323. The summed E-state index contributed by atoms with van der Waals surface area (Å²) in [4.78, 5) is 0. The Morgan fingerprint density at radius 1 is 1.33 bits per heavy atom. The topological polar surface area (TPSA) is 32.3 Å². The van der Waals surface area contributed by atoms with Crippen LogP contribution in [-0.4, -0.2) is 24.8 Å². The number of likely N-dealkylation sites (N-methyl/N-ethyl adjacent to an activating group) is 1. The fraction of sp³-hybridized carbons (Fsp3) is 0.571. The second kappa shape index (κ2) is 5.79. The monoisotopic (exact) mass is 287 g/mol. The Kier molecular flexibility index (Phi) is 4.54. The van der Waals surface area contributed by atoms with Crippen LogP contribution in [0.2, 0.25) is 10.0 Å². The molecule has 18 heavy (non-hydrogen) atoms. The predicted octanol–water partition coefficient (Wildman–Crippen LogP) is 3.39. The summed E-state index contributed by atoms with van der Waals surface area (Å²) in [6.07, 6.45) is 3.73. The van der Waals surface area contributed by atoms with Gasteiger partial charge in [-0.3, -0.25) is 0 Å². The molecule has 100 valence electrons. The molecule has 1 aromatic rings. The zero-order chi connectivity index (χ0) is 13.2. The molecule has 0 amide bonds. The maximum atomic E-state index is 10.4. The lowest BCUT2D eigenvalue weighted by molar-refractivity contribution is 0.0424. The van der Waals surface area contributed by atoms with Gasteiger partial charge in [-0.05, 0) is 37.6 Å². The first-order chi connectivity index (χ1) is 8.60. The molecule has 0 heterocycles. The quantitative estimate of drug-likeness (QED) is 0.893. The highest BCUT2D eigenvalue weighted by atomic mass is 35.5. The molecule has 2 N–H and O–H groups in total. The average molecular weight is 288 g/mol. The lowest BCUT2D eigenvalue weighted by Gasteiger charge is -2.42. The number of nitrogens with one attached hydrogen (secondary N) is 1. The lowest BCUT2D eigenvalue weighted by atomic mass is 9.67. The van der Waals surface area contributed by atoms with Crippen LogP contribution in [0.1, 0.15) is 31.2 Å². The average Bonchev–Trinajstić information content (AvgIpc) is 2.36. The molecular formula is C14H19Cl2NO. The molecule has 0 saturated heterocycles. The second-order valence-corrected chi connectivity index (χ2v) is 5.89. The minimum absolute atomic E-state index is 0.235. The number of aliphatic hydroxyl groups is 1. The Balaban J connectivity index is 2.42. The summed E-state index contributed by atoms with van der Waals surface area (Å²) >= 11 is 12.1. The Morgan fingerprint density at radius 3 is 2.72 bits per heavy atom. The summed E-state index contributed by atoms with van der Waals surface area (Å²) in [6, 6.07) is 5.70. The van der Waals surface area contributed by atoms with E-state index in [2.05, 4.69) is 5.32 Å². The van der Waals surface area contributed by atoms with Gasteiger partial charge in [0.15, 0.2) is 0 Å². The van der Waals surface area contributed by atoms with Crippen LogP contribution in [0, 0.1) is 0 Å². The molecule has 0 radical (unpaired) electrons. The van der Waals surface area contributed by atoms with Gasteiger partial charge in [-0.15, -0.1) is 0 Å². The van der Waals surface area contributed by atoms with Gasteiger partial charge in [0.2, 0.25) is 0 Å². The Morgan fingerprint density at radius 2 is 2.11 bits per heavy atom. The summed E-state index contributed by atoms with van der Waals surface area (Å²) in [5.41, 5.74) is 0.847. The van der Waals surface area contributed by atoms with Crippen LogP contribution in [0.25, 0.3) is 0 Å². The molecule has 2 rings (SSSR count). The number of hydrogen-bond acceptors (Lipinski definition) is 2. The molecule has 0 bridgehead atoms. The van der Waals surface area contributed by atoms with Gasteiger partial charge < -0.3 is 10.4 Å². The number of benzene rings is 1. The molecule has 2 atom stereocenters. The number of aliphatic hydroxyl groups excluding tert-OH is 1. The highest BCUT2D eigenvalue weighted by Gasteiger charge is 2.41. The van der Waals surface area contributed by atoms with E-state index in [0.29, 0.717) is 10.0 Å². The van der Waals surface area contributed by atoms with Crippen molar-refractivity contribution in [2.24, 2.45) is 0 Å². The third-order valence-corrected chi connectivity index (χ3v) is 4.71. The molecule has 1 aliphatic rings. The van der Waals surface area contributed by atoms with Gasteiger partial charge in [0.05, 0.1) is 16.1 Å². The van der Waals surface area contributed by atoms with Gasteiger partial charge in [-0.2, -0.15) is 0 Å². The maximum Gasteiger partial charge on any atom is 0.0649 e. The number of halogens is 2. The second-order valence-electron chi connectivity index (χ2n) is 5.08. The van der Waals surface area contributed by atoms with Gasteiger partial charge in [-0.1, -0.05) is 42.1 Å². The number of hydrogen-bond donors (Lipinski definition) is 2. The zero-order valence-electron chi connectivity index (χ0n) is 10.5. The maximum absolute atomic E-state index is 10.4. The predicted molar refractivity (Wildman–Crippen MR) is 76.5 cm³/mol. The van der Waals surface area contributed by atoms with Crippen molar-refractivity contribution < 1.29 is 5.11 Å². The Hall–Kier alpha value is -0.280. The van der Waals surface area contributed by atoms with Crippen molar-refractivity contribution in [2.45, 2.75) is 37.2 Å². The first kappa shape index (κ1) is 14.1. The van der Waals surface area contributed by atoms with Gasteiger partial charge in [0, 0.05) is 12.0 Å². The van der Waals surface area contributed by atoms with Crippen LogP contribution in [-0.2, 0) is 5.41 Å². The zero-order valence-corrected chi connectivity index (χ0v) is 12.1. The molecule has 4 heteroatoms. The van der Waals surface area contributed by atoms with Crippen molar-refractivity contribution in [3.8, 4) is 0 Å². The third-order valence-electron chi connectivity index (χ3n) is 3.98. The summed E-state index contributed by atoms with van der Waals surface area (Å²) < 4.78 is 0. The third kappa shape index (κ3) is 2.53. The molecule has 0 spiro atoms. The van der Waals surface area contributed by atoms with Crippen molar-refractivity contribution in [3.05, 3.63) is 33.8 Å². The highest BCUT2D eigenvalue weighted by Crippen LogP contribution is 2.41. The Bertz CT molecular complexity index is 420. The van der Waals surface area contributed by atoms with E-state index >= 15 is 0 Å². The molecule has 1 saturated carbocycles. The first-order valence-corrected chi connectivity index (χ1v) is 7.14. The summed E-state index contributed by atoms with van der Waals surface area (Å²) in [7, 11) is 1.92. The summed E-state index contributed by atoms with van der Waals surface area (Å²) in [5.74, 6) is 0. The van der Waals surface area contributed by atoms with E-state index in [1.165, 1.54) is 0 Å². The molecule has 1 aliphatic carbocycles. The molecule has 1 aromatic carbocycles. The van der Waals surface area contributed by atoms with Crippen molar-refractivity contribution in [1.29, 1.82) is 0 Å². The summed E-state index contributed by atoms with van der Waals surface area (Å²) in [6.45, 7) is 0.756. The van der Waals surface area contributed by atoms with E-state index in [0.717, 1.165) is 37.8 Å². The van der Waals surface area contributed by atoms with Crippen molar-refractivity contribution in [2.75, 3.05) is 13.6 Å². The van der Waals surface area contributed by atoms with Crippen LogP contribution in [0.15, 0.2) is 18.2 Å². The molecular weight excluding hydrogens is 269 g/mol. The van der Waals surface area contributed by atoms with E-state index < -0.39 is 0 Å². The van der Waals surface area contributed by atoms with E-state index in [4.69, 9.17) is 23.2 Å². The molecule has 1 unspecified atom stereocenters. The molecule has 0 aliphatic heterocycles. The molecule has 1 fully saturated rings. The summed E-state index contributed by atoms with van der Waals surface area (Å²) in [5, 5.41) is 14.8. The van der Waals surface area contributed by atoms with E-state index in [-0.39, 0.29) is 11.5 Å². The fourth-order valence-corrected chi connectivity index (χ4v) is 3.29. The van der Waals surface area contributed by atoms with Gasteiger partial charge in [-0.25, -0.2) is 0 Å². The van der Waals surface area contributed by atoms with E-state index in [9.17, 15) is 5.11 Å². The van der Waals surface area contributed by atoms with Crippen molar-refractivity contribution >= 4 is 23.2 Å². The Labute approximate surface area is 118 Å². The highest BCUT2D eigenvalue weighted by molar-refractivity contribution is 6.42. The lowest BCUT2D eigenvalue weighted by Crippen LogP contribution is -2.48. The van der Waals surface area contributed by atoms with Gasteiger partial charge >= 0.3 is 0 Å². The van der Waals surface area contributed by atoms with Crippen molar-refractivity contribution in [1.82, 2.24) is 5.32 Å². The fourth-order valence-electron chi connectivity index (χ4n) is 2.99. The molecule has 0 aromatic heterocycles. The van der Waals surface area contributed by atoms with E-state index in [1.807, 2.05) is 25.2 Å². The first-order valence-electron chi connectivity index (χ1n) is 6.38. The van der Waals surface area contributed by atoms with Gasteiger partial charge in [0.25, 0.3) is 0 Å². The van der Waals surface area contributed by atoms with Crippen LogP contribution < -0.4 is 5.32 Å². The SMILES string of the molecule is CNC[C@]1(c2ccc(Cl)c(Cl)c2)CCCCC1O. The minimum Gasteiger partial charge on any atom is -0.392 e.